The summed E-state index contributed by atoms with van der Waals surface area (Å²) in [5.41, 5.74) is 0.298. The summed E-state index contributed by atoms with van der Waals surface area (Å²) in [7, 11) is -1.63. The quantitative estimate of drug-likeness (QED) is 0.277. The van der Waals surface area contributed by atoms with Crippen molar-refractivity contribution in [3.05, 3.63) is 12.2 Å². The zero-order chi connectivity index (χ0) is 14.0. The van der Waals surface area contributed by atoms with Gasteiger partial charge in [-0.3, -0.25) is 4.79 Å². The average Bonchev–Trinajstić information content (AvgIpc) is 2.29. The Balaban J connectivity index is 3.45. The van der Waals surface area contributed by atoms with Gasteiger partial charge in [-0.05, 0) is 17.9 Å². The molecule has 0 radical (unpaired) electrons. The van der Waals surface area contributed by atoms with Gasteiger partial charge in [-0.25, -0.2) is 4.79 Å². The second kappa shape index (κ2) is 9.74. The van der Waals surface area contributed by atoms with Crippen LogP contribution in [0.1, 0.15) is 19.8 Å². The first-order valence-corrected chi connectivity index (χ1v) is 7.08. The van der Waals surface area contributed by atoms with Crippen molar-refractivity contribution in [2.45, 2.75) is 19.8 Å². The molecule has 0 fully saturated rings. The van der Waals surface area contributed by atoms with Crippen LogP contribution >= 0.6 is 8.03 Å². The maximum Gasteiger partial charge on any atom is 0.504 e. The Kier molecular flexibility index (Phi) is 9.06. The van der Waals surface area contributed by atoms with Crippen LogP contribution in [0.3, 0.4) is 0 Å². The zero-order valence-electron chi connectivity index (χ0n) is 10.6. The van der Waals surface area contributed by atoms with Crippen molar-refractivity contribution in [2.75, 3.05) is 26.5 Å². The lowest BCUT2D eigenvalue weighted by atomic mass is 10.3. The highest BCUT2D eigenvalue weighted by molar-refractivity contribution is 7.38. The van der Waals surface area contributed by atoms with Gasteiger partial charge in [0.05, 0.1) is 0 Å². The molecule has 0 rings (SSSR count). The van der Waals surface area contributed by atoms with Gasteiger partial charge in [-0.2, -0.15) is 0 Å². The highest BCUT2D eigenvalue weighted by Gasteiger charge is 2.09. The number of rotatable bonds is 9. The van der Waals surface area contributed by atoms with Crippen LogP contribution in [0.25, 0.3) is 0 Å². The van der Waals surface area contributed by atoms with E-state index >= 15 is 0 Å². The normalized spacial score (nSPS) is 10.7. The maximum atomic E-state index is 11.2. The summed E-state index contributed by atoms with van der Waals surface area (Å²) >= 11 is 0. The van der Waals surface area contributed by atoms with Gasteiger partial charge in [0.15, 0.2) is 6.66 Å². The van der Waals surface area contributed by atoms with Crippen LogP contribution in [0.4, 0.5) is 0 Å². The monoisotopic (exact) mass is 277 g/mol. The average molecular weight is 277 g/mol. The fourth-order valence-electron chi connectivity index (χ4n) is 0.895. The molecule has 7 heteroatoms. The molecule has 102 valence electrons. The minimum Gasteiger partial charge on any atom is -0.462 e. The maximum absolute atomic E-state index is 11.2. The van der Waals surface area contributed by atoms with Crippen LogP contribution in [0.15, 0.2) is 12.2 Å². The second-order valence-electron chi connectivity index (χ2n) is 3.51. The molecule has 0 aromatic rings. The standard InChI is InChI=1S/C11H18O6P/c1-9(2)11(13)16-8-7-15-10(12)5-4-6-17-18(3)14/h1,4-8H2,2-3H3/q+1. The Labute approximate surface area is 107 Å². The third-order valence-corrected chi connectivity index (χ3v) is 2.27. The highest BCUT2D eigenvalue weighted by atomic mass is 31.1. The molecule has 0 aliphatic rings. The van der Waals surface area contributed by atoms with Gasteiger partial charge in [-0.15, -0.1) is 4.52 Å². The lowest BCUT2D eigenvalue weighted by Crippen LogP contribution is -2.14. The number of esters is 2. The van der Waals surface area contributed by atoms with Crippen LogP contribution in [0, 0.1) is 0 Å². The molecule has 0 aromatic carbocycles. The van der Waals surface area contributed by atoms with Gasteiger partial charge in [0, 0.05) is 12.0 Å². The number of hydrogen-bond donors (Lipinski definition) is 0. The molecule has 0 amide bonds. The Bertz CT molecular complexity index is 325. The summed E-state index contributed by atoms with van der Waals surface area (Å²) in [4.78, 5) is 22.1. The molecule has 0 N–H and O–H groups in total. The van der Waals surface area contributed by atoms with E-state index < -0.39 is 20.0 Å². The highest BCUT2D eigenvalue weighted by Crippen LogP contribution is 2.15. The minimum atomic E-state index is -1.63. The van der Waals surface area contributed by atoms with Crippen LogP contribution in [-0.4, -0.2) is 38.4 Å². The van der Waals surface area contributed by atoms with Crippen molar-refractivity contribution in [3.8, 4) is 0 Å². The van der Waals surface area contributed by atoms with Crippen molar-refractivity contribution in [2.24, 2.45) is 0 Å². The molecule has 6 nitrogen and oxygen atoms in total. The Morgan fingerprint density at radius 3 is 2.33 bits per heavy atom. The summed E-state index contributed by atoms with van der Waals surface area (Å²) < 4.78 is 24.9. The smallest absolute Gasteiger partial charge is 0.462 e. The summed E-state index contributed by atoms with van der Waals surface area (Å²) in [6.45, 7) is 6.67. The molecule has 0 aromatic heterocycles. The van der Waals surface area contributed by atoms with E-state index in [4.69, 9.17) is 14.0 Å². The van der Waals surface area contributed by atoms with Gasteiger partial charge in [0.2, 0.25) is 0 Å². The molecular weight excluding hydrogens is 259 g/mol. The molecular formula is C11H18O6P+. The number of hydrogen-bond acceptors (Lipinski definition) is 6. The van der Waals surface area contributed by atoms with E-state index in [0.717, 1.165) is 0 Å². The minimum absolute atomic E-state index is 0.00868. The SMILES string of the molecule is C=C(C)C(=O)OCCOC(=O)CCCO[P+](C)=O. The molecule has 0 saturated heterocycles. The largest absolute Gasteiger partial charge is 0.504 e. The summed E-state index contributed by atoms with van der Waals surface area (Å²) in [6, 6.07) is 0. The van der Waals surface area contributed by atoms with Crippen LogP contribution < -0.4 is 0 Å². The van der Waals surface area contributed by atoms with Gasteiger partial charge in [0.25, 0.3) is 0 Å². The molecule has 0 aliphatic carbocycles. The molecule has 18 heavy (non-hydrogen) atoms. The molecule has 1 unspecified atom stereocenters. The van der Waals surface area contributed by atoms with Crippen LogP contribution in [0.2, 0.25) is 0 Å². The summed E-state index contributed by atoms with van der Waals surface area (Å²) in [6.07, 6.45) is 0.622. The van der Waals surface area contributed by atoms with Crippen molar-refractivity contribution in [1.82, 2.24) is 0 Å². The summed E-state index contributed by atoms with van der Waals surface area (Å²) in [5.74, 6) is -0.914. The van der Waals surface area contributed by atoms with Crippen molar-refractivity contribution in [1.29, 1.82) is 0 Å². The fourth-order valence-corrected chi connectivity index (χ4v) is 1.28. The van der Waals surface area contributed by atoms with Crippen molar-refractivity contribution < 1.29 is 28.2 Å². The van der Waals surface area contributed by atoms with E-state index in [1.54, 1.807) is 0 Å². The lowest BCUT2D eigenvalue weighted by Gasteiger charge is -2.05. The van der Waals surface area contributed by atoms with Crippen molar-refractivity contribution in [3.63, 3.8) is 0 Å². The van der Waals surface area contributed by atoms with Gasteiger partial charge < -0.3 is 9.47 Å². The molecule has 0 saturated carbocycles. The third kappa shape index (κ3) is 9.93. The lowest BCUT2D eigenvalue weighted by molar-refractivity contribution is -0.150. The first-order valence-electron chi connectivity index (χ1n) is 5.45. The number of carbonyl (C=O) groups excluding carboxylic acids is 2. The van der Waals surface area contributed by atoms with E-state index in [1.165, 1.54) is 13.6 Å². The van der Waals surface area contributed by atoms with Crippen molar-refractivity contribution >= 4 is 20.0 Å². The molecule has 1 atom stereocenters. The van der Waals surface area contributed by atoms with Gasteiger partial charge >= 0.3 is 20.0 Å². The Hall–Kier alpha value is -1.26. The molecule has 0 aliphatic heterocycles. The Morgan fingerprint density at radius 1 is 1.17 bits per heavy atom. The van der Waals surface area contributed by atoms with E-state index in [0.29, 0.717) is 12.0 Å². The van der Waals surface area contributed by atoms with Crippen LogP contribution in [0.5, 0.6) is 0 Å². The van der Waals surface area contributed by atoms with Gasteiger partial charge in [0.1, 0.15) is 19.8 Å². The third-order valence-electron chi connectivity index (χ3n) is 1.73. The fraction of sp³-hybridized carbons (Fsp3) is 0.636. The molecule has 0 spiro atoms. The molecule has 0 bridgehead atoms. The zero-order valence-corrected chi connectivity index (χ0v) is 11.5. The topological polar surface area (TPSA) is 78.9 Å². The molecule has 0 heterocycles. The predicted octanol–water partition coefficient (Wildman–Crippen LogP) is 1.82. The van der Waals surface area contributed by atoms with E-state index in [2.05, 4.69) is 6.58 Å². The van der Waals surface area contributed by atoms with Gasteiger partial charge in [-0.1, -0.05) is 6.58 Å². The second-order valence-corrected chi connectivity index (χ2v) is 4.65. The first kappa shape index (κ1) is 16.7. The van der Waals surface area contributed by atoms with E-state index in [-0.39, 0.29) is 26.2 Å². The van der Waals surface area contributed by atoms with Crippen LogP contribution in [-0.2, 0) is 28.2 Å². The first-order chi connectivity index (χ1) is 8.43. The number of ether oxygens (including phenoxy) is 2. The summed E-state index contributed by atoms with van der Waals surface area (Å²) in [5, 5.41) is 0. The predicted molar refractivity (Wildman–Crippen MR) is 65.4 cm³/mol. The van der Waals surface area contributed by atoms with E-state index in [9.17, 15) is 14.2 Å². The van der Waals surface area contributed by atoms with E-state index in [1.807, 2.05) is 0 Å². The number of carbonyl (C=O) groups is 2. The Morgan fingerprint density at radius 2 is 1.78 bits per heavy atom.